The second-order valence-electron chi connectivity index (χ2n) is 7.15. The monoisotopic (exact) mass is 364 g/mol. The fourth-order valence-electron chi connectivity index (χ4n) is 3.25. The lowest BCUT2D eigenvalue weighted by Crippen LogP contribution is -2.21. The largest absolute Gasteiger partial charge is 0.478 e. The van der Waals surface area contributed by atoms with Crippen LogP contribution in [0, 0.1) is 0 Å². The summed E-state index contributed by atoms with van der Waals surface area (Å²) in [6.07, 6.45) is 7.56. The third-order valence-corrected chi connectivity index (χ3v) is 5.75. The van der Waals surface area contributed by atoms with Gasteiger partial charge in [0, 0.05) is 4.91 Å². The zero-order valence-electron chi connectivity index (χ0n) is 15.5. The summed E-state index contributed by atoms with van der Waals surface area (Å²) in [5.41, 5.74) is 5.39. The highest BCUT2D eigenvalue weighted by Crippen LogP contribution is 2.43. The van der Waals surface area contributed by atoms with Gasteiger partial charge in [-0.15, -0.1) is 11.8 Å². The van der Waals surface area contributed by atoms with E-state index in [1.807, 2.05) is 30.0 Å². The molecule has 0 aromatic heterocycles. The van der Waals surface area contributed by atoms with Gasteiger partial charge in [-0.3, -0.25) is 0 Å². The van der Waals surface area contributed by atoms with Crippen molar-refractivity contribution in [2.24, 2.45) is 0 Å². The summed E-state index contributed by atoms with van der Waals surface area (Å²) in [7, 11) is 0. The first kappa shape index (κ1) is 18.5. The molecule has 0 heterocycles. The van der Waals surface area contributed by atoms with Crippen molar-refractivity contribution in [1.82, 2.24) is 0 Å². The number of fused-ring (bicyclic) bond motifs is 1. The lowest BCUT2D eigenvalue weighted by Gasteiger charge is -2.32. The van der Waals surface area contributed by atoms with Crippen molar-refractivity contribution in [3.63, 3.8) is 0 Å². The molecule has 26 heavy (non-hydrogen) atoms. The van der Waals surface area contributed by atoms with Crippen molar-refractivity contribution < 1.29 is 9.90 Å². The van der Waals surface area contributed by atoms with E-state index in [4.69, 9.17) is 5.11 Å². The number of hydrogen-bond acceptors (Lipinski definition) is 2. The van der Waals surface area contributed by atoms with E-state index in [1.165, 1.54) is 16.0 Å². The Kier molecular flexibility index (Phi) is 5.38. The number of benzene rings is 2. The summed E-state index contributed by atoms with van der Waals surface area (Å²) < 4.78 is 0. The minimum Gasteiger partial charge on any atom is -0.478 e. The predicted octanol–water partition coefficient (Wildman–Crippen LogP) is 6.33. The number of aromatic carboxylic acids is 1. The average molecular weight is 365 g/mol. The highest BCUT2D eigenvalue weighted by atomic mass is 32.2. The van der Waals surface area contributed by atoms with Crippen molar-refractivity contribution in [3.05, 3.63) is 76.4 Å². The highest BCUT2D eigenvalue weighted by Gasteiger charge is 2.27. The summed E-state index contributed by atoms with van der Waals surface area (Å²) in [4.78, 5) is 12.3. The summed E-state index contributed by atoms with van der Waals surface area (Å²) in [6.45, 7) is 6.79. The Hall–Kier alpha value is -2.26. The number of thioether (sulfide) groups is 1. The van der Waals surface area contributed by atoms with Gasteiger partial charge in [-0.1, -0.05) is 63.3 Å². The molecule has 1 aliphatic carbocycles. The molecule has 3 heteroatoms. The topological polar surface area (TPSA) is 37.3 Å². The Morgan fingerprint density at radius 2 is 1.77 bits per heavy atom. The molecule has 134 valence electrons. The number of hydrogen-bond donors (Lipinski definition) is 1. The molecule has 2 nitrogen and oxygen atoms in total. The van der Waals surface area contributed by atoms with Crippen molar-refractivity contribution in [2.45, 2.75) is 32.6 Å². The Morgan fingerprint density at radius 1 is 1.12 bits per heavy atom. The van der Waals surface area contributed by atoms with Crippen LogP contribution in [0.4, 0.5) is 0 Å². The first-order valence-electron chi connectivity index (χ1n) is 8.90. The Labute approximate surface area is 159 Å². The third-order valence-electron chi connectivity index (χ3n) is 4.76. The van der Waals surface area contributed by atoms with Crippen molar-refractivity contribution in [3.8, 4) is 0 Å². The van der Waals surface area contributed by atoms with E-state index in [1.54, 1.807) is 12.1 Å². The second kappa shape index (κ2) is 7.55. The van der Waals surface area contributed by atoms with E-state index in [-0.39, 0.29) is 5.41 Å². The van der Waals surface area contributed by atoms with Crippen molar-refractivity contribution in [1.29, 1.82) is 0 Å². The molecule has 0 atom stereocenters. The first-order valence-corrected chi connectivity index (χ1v) is 9.88. The zero-order chi connectivity index (χ0) is 18.7. The molecule has 2 aromatic rings. The maximum atomic E-state index is 10.9. The lowest BCUT2D eigenvalue weighted by molar-refractivity contribution is 0.0697. The summed E-state index contributed by atoms with van der Waals surface area (Å²) in [5.74, 6) is 0.174. The van der Waals surface area contributed by atoms with Crippen LogP contribution in [0.1, 0.15) is 59.8 Å². The first-order chi connectivity index (χ1) is 12.4. The van der Waals surface area contributed by atoms with Gasteiger partial charge < -0.3 is 5.11 Å². The molecule has 1 N–H and O–H groups in total. The van der Waals surface area contributed by atoms with Crippen LogP contribution < -0.4 is 0 Å². The molecular formula is C23H24O2S. The van der Waals surface area contributed by atoms with Crippen LogP contribution in [-0.2, 0) is 5.41 Å². The normalized spacial score (nSPS) is 15.6. The van der Waals surface area contributed by atoms with Crippen LogP contribution in [0.3, 0.4) is 0 Å². The van der Waals surface area contributed by atoms with E-state index in [0.717, 1.165) is 23.3 Å². The van der Waals surface area contributed by atoms with Gasteiger partial charge in [0.05, 0.1) is 5.56 Å². The molecule has 0 radical (unpaired) electrons. The third kappa shape index (κ3) is 3.94. The van der Waals surface area contributed by atoms with Crippen molar-refractivity contribution >= 4 is 34.8 Å². The maximum absolute atomic E-state index is 10.9. The fourth-order valence-corrected chi connectivity index (χ4v) is 4.09. The Morgan fingerprint density at radius 3 is 2.42 bits per heavy atom. The van der Waals surface area contributed by atoms with E-state index in [0.29, 0.717) is 5.56 Å². The quantitative estimate of drug-likeness (QED) is 0.630. The van der Waals surface area contributed by atoms with Gasteiger partial charge in [-0.05, 0) is 58.0 Å². The molecule has 0 unspecified atom stereocenters. The Bertz CT molecular complexity index is 874. The molecule has 1 aliphatic rings. The smallest absolute Gasteiger partial charge is 0.335 e. The van der Waals surface area contributed by atoms with Crippen LogP contribution in [-0.4, -0.2) is 16.8 Å². The highest BCUT2D eigenvalue weighted by molar-refractivity contribution is 8.08. The molecule has 0 saturated heterocycles. The molecule has 2 aromatic carbocycles. The summed E-state index contributed by atoms with van der Waals surface area (Å²) in [6, 6.07) is 13.6. The van der Waals surface area contributed by atoms with Crippen LogP contribution in [0.5, 0.6) is 0 Å². The van der Waals surface area contributed by atoms with Crippen LogP contribution in [0.2, 0.25) is 0 Å². The van der Waals surface area contributed by atoms with Gasteiger partial charge in [0.2, 0.25) is 0 Å². The van der Waals surface area contributed by atoms with Crippen molar-refractivity contribution in [2.75, 3.05) is 5.75 Å². The predicted molar refractivity (Wildman–Crippen MR) is 113 cm³/mol. The van der Waals surface area contributed by atoms with Gasteiger partial charge >= 0.3 is 5.97 Å². The standard InChI is InChI=1S/C23H24O2S/c1-4-26-21-13-14-23(2,3)20-12-9-17(15-19(20)21)6-5-16-7-10-18(11-8-16)22(24)25/h5-13,15H,4,14H2,1-3H3,(H,24,25). The molecule has 0 amide bonds. The van der Waals surface area contributed by atoms with E-state index < -0.39 is 5.97 Å². The van der Waals surface area contributed by atoms with E-state index in [2.05, 4.69) is 51.1 Å². The number of allylic oxidation sites excluding steroid dienone is 1. The maximum Gasteiger partial charge on any atom is 0.335 e. The molecule has 0 saturated carbocycles. The minimum atomic E-state index is -0.898. The number of rotatable bonds is 5. The van der Waals surface area contributed by atoms with Crippen LogP contribution >= 0.6 is 11.8 Å². The van der Waals surface area contributed by atoms with Gasteiger partial charge in [-0.2, -0.15) is 0 Å². The van der Waals surface area contributed by atoms with Gasteiger partial charge in [0.15, 0.2) is 0 Å². The molecule has 0 fully saturated rings. The Balaban J connectivity index is 1.89. The molecule has 0 bridgehead atoms. The van der Waals surface area contributed by atoms with Crippen LogP contribution in [0.15, 0.2) is 48.5 Å². The molecule has 3 rings (SSSR count). The van der Waals surface area contributed by atoms with Gasteiger partial charge in [0.25, 0.3) is 0 Å². The summed E-state index contributed by atoms with van der Waals surface area (Å²) in [5, 5.41) is 8.98. The van der Waals surface area contributed by atoms with Crippen LogP contribution in [0.25, 0.3) is 17.1 Å². The molecular weight excluding hydrogens is 340 g/mol. The van der Waals surface area contributed by atoms with Gasteiger partial charge in [0.1, 0.15) is 0 Å². The fraction of sp³-hybridized carbons (Fsp3) is 0.261. The van der Waals surface area contributed by atoms with E-state index in [9.17, 15) is 4.79 Å². The number of carboxylic acids is 1. The number of carboxylic acid groups (broad SMARTS) is 1. The molecule has 0 spiro atoms. The van der Waals surface area contributed by atoms with Gasteiger partial charge in [-0.25, -0.2) is 4.79 Å². The van der Waals surface area contributed by atoms with E-state index >= 15 is 0 Å². The SMILES string of the molecule is CCSC1=CCC(C)(C)c2ccc(C=Cc3ccc(C(=O)O)cc3)cc21. The lowest BCUT2D eigenvalue weighted by atomic mass is 9.75. The number of carbonyl (C=O) groups is 1. The molecule has 0 aliphatic heterocycles. The second-order valence-corrected chi connectivity index (χ2v) is 8.46. The average Bonchev–Trinajstić information content (AvgIpc) is 2.63. The zero-order valence-corrected chi connectivity index (χ0v) is 16.3. The minimum absolute atomic E-state index is 0.169. The summed E-state index contributed by atoms with van der Waals surface area (Å²) >= 11 is 1.90.